The monoisotopic (exact) mass is 254 g/mol. The van der Waals surface area contributed by atoms with Crippen LogP contribution in [0.15, 0.2) is 36.7 Å². The zero-order valence-electron chi connectivity index (χ0n) is 11.1. The van der Waals surface area contributed by atoms with Crippen molar-refractivity contribution >= 4 is 11.5 Å². The average molecular weight is 254 g/mol. The second-order valence-electron chi connectivity index (χ2n) is 5.00. The fourth-order valence-electron chi connectivity index (χ4n) is 2.74. The summed E-state index contributed by atoms with van der Waals surface area (Å²) in [7, 11) is 0. The van der Waals surface area contributed by atoms with Crippen molar-refractivity contribution < 1.29 is 0 Å². The van der Waals surface area contributed by atoms with Gasteiger partial charge >= 0.3 is 0 Å². The Kier molecular flexibility index (Phi) is 3.07. The molecule has 1 aliphatic heterocycles. The average Bonchev–Trinajstić information content (AvgIpc) is 2.91. The predicted octanol–water partition coefficient (Wildman–Crippen LogP) is 2.71. The molecular weight excluding hydrogens is 236 g/mol. The highest BCUT2D eigenvalue weighted by atomic mass is 15.2. The normalized spacial score (nSPS) is 18.8. The molecule has 1 atom stereocenters. The maximum atomic E-state index is 6.09. The molecule has 4 heteroatoms. The molecule has 0 radical (unpaired) electrons. The summed E-state index contributed by atoms with van der Waals surface area (Å²) in [5.74, 6) is 0.916. The van der Waals surface area contributed by atoms with Gasteiger partial charge in [0, 0.05) is 24.6 Å². The van der Waals surface area contributed by atoms with Gasteiger partial charge in [0.2, 0.25) is 0 Å². The molecule has 98 valence electrons. The van der Waals surface area contributed by atoms with E-state index in [0.29, 0.717) is 6.04 Å². The molecule has 0 aliphatic carbocycles. The fourth-order valence-corrected chi connectivity index (χ4v) is 2.74. The van der Waals surface area contributed by atoms with E-state index >= 15 is 0 Å². The molecular formula is C15H18N4. The first-order chi connectivity index (χ1) is 9.25. The van der Waals surface area contributed by atoms with E-state index in [2.05, 4.69) is 27.0 Å². The van der Waals surface area contributed by atoms with Crippen LogP contribution in [0.5, 0.6) is 0 Å². The van der Waals surface area contributed by atoms with Gasteiger partial charge in [-0.2, -0.15) is 0 Å². The molecule has 0 amide bonds. The molecule has 2 N–H and O–H groups in total. The molecule has 3 heterocycles. The summed E-state index contributed by atoms with van der Waals surface area (Å²) in [5, 5.41) is 0. The Labute approximate surface area is 113 Å². The van der Waals surface area contributed by atoms with Crippen LogP contribution in [0, 0.1) is 6.92 Å². The summed E-state index contributed by atoms with van der Waals surface area (Å²) < 4.78 is 0. The van der Waals surface area contributed by atoms with Gasteiger partial charge < -0.3 is 10.6 Å². The topological polar surface area (TPSA) is 55.0 Å². The van der Waals surface area contributed by atoms with Gasteiger partial charge in [-0.05, 0) is 49.6 Å². The Morgan fingerprint density at radius 3 is 2.79 bits per heavy atom. The van der Waals surface area contributed by atoms with Gasteiger partial charge in [-0.1, -0.05) is 0 Å². The second kappa shape index (κ2) is 4.88. The predicted molar refractivity (Wildman–Crippen MR) is 76.9 cm³/mol. The van der Waals surface area contributed by atoms with E-state index in [1.54, 1.807) is 0 Å². The van der Waals surface area contributed by atoms with E-state index in [1.807, 2.05) is 31.5 Å². The molecule has 3 rings (SSSR count). The van der Waals surface area contributed by atoms with Gasteiger partial charge in [0.1, 0.15) is 0 Å². The molecule has 0 aromatic carbocycles. The molecule has 1 aliphatic rings. The zero-order chi connectivity index (χ0) is 13.2. The Hall–Kier alpha value is -2.10. The number of anilines is 2. The zero-order valence-corrected chi connectivity index (χ0v) is 11.1. The first kappa shape index (κ1) is 12.0. The highest BCUT2D eigenvalue weighted by molar-refractivity contribution is 5.64. The summed E-state index contributed by atoms with van der Waals surface area (Å²) in [6.07, 6.45) is 6.00. The van der Waals surface area contributed by atoms with E-state index in [0.717, 1.165) is 30.2 Å². The van der Waals surface area contributed by atoms with Gasteiger partial charge in [0.25, 0.3) is 0 Å². The van der Waals surface area contributed by atoms with Crippen molar-refractivity contribution in [2.75, 3.05) is 17.2 Å². The van der Waals surface area contributed by atoms with Crippen LogP contribution in [0.4, 0.5) is 11.5 Å². The lowest BCUT2D eigenvalue weighted by Gasteiger charge is -2.27. The fraction of sp³-hybridized carbons (Fsp3) is 0.333. The lowest BCUT2D eigenvalue weighted by atomic mass is 10.1. The van der Waals surface area contributed by atoms with Crippen molar-refractivity contribution in [3.63, 3.8) is 0 Å². The summed E-state index contributed by atoms with van der Waals surface area (Å²) >= 11 is 0. The minimum Gasteiger partial charge on any atom is -0.396 e. The quantitative estimate of drug-likeness (QED) is 0.895. The molecule has 0 bridgehead atoms. The standard InChI is InChI=1S/C15H18N4/c1-11-4-5-13(16)15(18-11)19-10-2-3-14(19)12-6-8-17-9-7-12/h4-9,14H,2-3,10,16H2,1H3. The van der Waals surface area contributed by atoms with Gasteiger partial charge in [0.15, 0.2) is 5.82 Å². The third kappa shape index (κ3) is 2.26. The molecule has 2 aromatic heterocycles. The number of rotatable bonds is 2. The summed E-state index contributed by atoms with van der Waals surface area (Å²) in [6, 6.07) is 8.42. The van der Waals surface area contributed by atoms with Crippen molar-refractivity contribution in [1.29, 1.82) is 0 Å². The minimum atomic E-state index is 0.361. The molecule has 0 saturated carbocycles. The van der Waals surface area contributed by atoms with Gasteiger partial charge in [0.05, 0.1) is 11.7 Å². The Morgan fingerprint density at radius 1 is 1.21 bits per heavy atom. The number of nitrogens with zero attached hydrogens (tertiary/aromatic N) is 3. The van der Waals surface area contributed by atoms with Crippen LogP contribution in [0.1, 0.15) is 30.1 Å². The van der Waals surface area contributed by atoms with Crippen LogP contribution >= 0.6 is 0 Å². The Morgan fingerprint density at radius 2 is 2.00 bits per heavy atom. The number of nitrogen functional groups attached to an aromatic ring is 1. The summed E-state index contributed by atoms with van der Waals surface area (Å²) in [6.45, 7) is 3.01. The number of pyridine rings is 2. The SMILES string of the molecule is Cc1ccc(N)c(N2CCCC2c2ccncc2)n1. The smallest absolute Gasteiger partial charge is 0.152 e. The summed E-state index contributed by atoms with van der Waals surface area (Å²) in [5.41, 5.74) is 9.14. The first-order valence-electron chi connectivity index (χ1n) is 6.65. The van der Waals surface area contributed by atoms with E-state index in [-0.39, 0.29) is 0 Å². The molecule has 0 spiro atoms. The van der Waals surface area contributed by atoms with Crippen molar-refractivity contribution in [1.82, 2.24) is 9.97 Å². The molecule has 19 heavy (non-hydrogen) atoms. The van der Waals surface area contributed by atoms with Crippen molar-refractivity contribution in [2.24, 2.45) is 0 Å². The van der Waals surface area contributed by atoms with Crippen LogP contribution in [-0.2, 0) is 0 Å². The van der Waals surface area contributed by atoms with Crippen molar-refractivity contribution in [2.45, 2.75) is 25.8 Å². The van der Waals surface area contributed by atoms with Crippen LogP contribution in [0.25, 0.3) is 0 Å². The second-order valence-corrected chi connectivity index (χ2v) is 5.00. The lowest BCUT2D eigenvalue weighted by Crippen LogP contribution is -2.24. The number of aromatic nitrogens is 2. The van der Waals surface area contributed by atoms with Gasteiger partial charge in [-0.3, -0.25) is 4.98 Å². The van der Waals surface area contributed by atoms with Crippen LogP contribution in [0.3, 0.4) is 0 Å². The summed E-state index contributed by atoms with van der Waals surface area (Å²) in [4.78, 5) is 11.0. The third-order valence-corrected chi connectivity index (χ3v) is 3.66. The minimum absolute atomic E-state index is 0.361. The Balaban J connectivity index is 1.97. The Bertz CT molecular complexity index is 568. The van der Waals surface area contributed by atoms with E-state index in [4.69, 9.17) is 5.73 Å². The largest absolute Gasteiger partial charge is 0.396 e. The number of nitrogens with two attached hydrogens (primary N) is 1. The molecule has 1 fully saturated rings. The molecule has 1 unspecified atom stereocenters. The molecule has 2 aromatic rings. The van der Waals surface area contributed by atoms with E-state index in [1.165, 1.54) is 12.0 Å². The lowest BCUT2D eigenvalue weighted by molar-refractivity contribution is 0.710. The number of hydrogen-bond acceptors (Lipinski definition) is 4. The van der Waals surface area contributed by atoms with Gasteiger partial charge in [-0.25, -0.2) is 4.98 Å². The van der Waals surface area contributed by atoms with Gasteiger partial charge in [-0.15, -0.1) is 0 Å². The molecule has 1 saturated heterocycles. The molecule has 4 nitrogen and oxygen atoms in total. The highest BCUT2D eigenvalue weighted by Crippen LogP contribution is 2.37. The maximum Gasteiger partial charge on any atom is 0.152 e. The number of aryl methyl sites for hydroxylation is 1. The highest BCUT2D eigenvalue weighted by Gasteiger charge is 2.28. The van der Waals surface area contributed by atoms with Crippen LogP contribution in [0.2, 0.25) is 0 Å². The van der Waals surface area contributed by atoms with E-state index < -0.39 is 0 Å². The van der Waals surface area contributed by atoms with Crippen molar-refractivity contribution in [3.8, 4) is 0 Å². The third-order valence-electron chi connectivity index (χ3n) is 3.66. The van der Waals surface area contributed by atoms with Crippen LogP contribution in [-0.4, -0.2) is 16.5 Å². The van der Waals surface area contributed by atoms with E-state index in [9.17, 15) is 0 Å². The van der Waals surface area contributed by atoms with Crippen molar-refractivity contribution in [3.05, 3.63) is 47.9 Å². The maximum absolute atomic E-state index is 6.09. The van der Waals surface area contributed by atoms with Crippen LogP contribution < -0.4 is 10.6 Å². The number of hydrogen-bond donors (Lipinski definition) is 1. The first-order valence-corrected chi connectivity index (χ1v) is 6.65.